The van der Waals surface area contributed by atoms with E-state index in [2.05, 4.69) is 5.32 Å². The van der Waals surface area contributed by atoms with Crippen LogP contribution < -0.4 is 19.7 Å². The summed E-state index contributed by atoms with van der Waals surface area (Å²) in [6.45, 7) is 0. The second-order valence-corrected chi connectivity index (χ2v) is 6.96. The van der Waals surface area contributed by atoms with Gasteiger partial charge in [-0.25, -0.2) is 0 Å². The molecule has 30 heavy (non-hydrogen) atoms. The number of amides is 2. The minimum absolute atomic E-state index is 0.0243. The van der Waals surface area contributed by atoms with E-state index in [1.807, 2.05) is 36.4 Å². The molecule has 3 aromatic rings. The predicted octanol–water partition coefficient (Wildman–Crippen LogP) is 3.69. The van der Waals surface area contributed by atoms with Crippen molar-refractivity contribution < 1.29 is 19.1 Å². The van der Waals surface area contributed by atoms with Crippen molar-refractivity contribution in [3.8, 4) is 11.5 Å². The largest absolute Gasteiger partial charge is 0.493 e. The molecule has 0 unspecified atom stereocenters. The maximum absolute atomic E-state index is 13.3. The van der Waals surface area contributed by atoms with Crippen molar-refractivity contribution in [2.24, 2.45) is 0 Å². The van der Waals surface area contributed by atoms with Crippen molar-refractivity contribution in [3.05, 3.63) is 71.8 Å². The molecule has 1 aliphatic rings. The van der Waals surface area contributed by atoms with E-state index >= 15 is 0 Å². The van der Waals surface area contributed by atoms with Gasteiger partial charge in [0, 0.05) is 5.39 Å². The van der Waals surface area contributed by atoms with E-state index in [1.165, 1.54) is 25.2 Å². The van der Waals surface area contributed by atoms with Gasteiger partial charge in [-0.1, -0.05) is 42.5 Å². The normalized spacial score (nSPS) is 15.5. The quantitative estimate of drug-likeness (QED) is 0.398. The van der Waals surface area contributed by atoms with Crippen molar-refractivity contribution in [1.29, 1.82) is 0 Å². The Kier molecular flexibility index (Phi) is 5.20. The lowest BCUT2D eigenvalue weighted by Gasteiger charge is -2.29. The van der Waals surface area contributed by atoms with Crippen LogP contribution in [-0.2, 0) is 9.59 Å². The Morgan fingerprint density at radius 2 is 1.67 bits per heavy atom. The van der Waals surface area contributed by atoms with Gasteiger partial charge in [-0.2, -0.15) is 0 Å². The van der Waals surface area contributed by atoms with E-state index in [1.54, 1.807) is 24.3 Å². The van der Waals surface area contributed by atoms with Crippen LogP contribution in [0.15, 0.2) is 66.2 Å². The minimum atomic E-state index is -0.545. The number of carbonyl (C=O) groups is 2. The summed E-state index contributed by atoms with van der Waals surface area (Å²) in [5, 5.41) is 4.49. The molecule has 150 valence electrons. The summed E-state index contributed by atoms with van der Waals surface area (Å²) in [5.74, 6) is 0.0146. The number of ether oxygens (including phenoxy) is 2. The summed E-state index contributed by atoms with van der Waals surface area (Å²) < 4.78 is 10.5. The van der Waals surface area contributed by atoms with Crippen LogP contribution in [-0.4, -0.2) is 31.1 Å². The number of hydrogen-bond donors (Lipinski definition) is 1. The maximum Gasteiger partial charge on any atom is 0.270 e. The van der Waals surface area contributed by atoms with Crippen LogP contribution in [0.25, 0.3) is 16.8 Å². The molecular weight excluding hydrogens is 400 g/mol. The van der Waals surface area contributed by atoms with E-state index in [4.69, 9.17) is 21.7 Å². The Balaban J connectivity index is 1.79. The van der Waals surface area contributed by atoms with Gasteiger partial charge in [0.25, 0.3) is 11.8 Å². The molecule has 0 saturated carbocycles. The van der Waals surface area contributed by atoms with Crippen molar-refractivity contribution >= 4 is 51.7 Å². The second kappa shape index (κ2) is 7.96. The maximum atomic E-state index is 13.3. The summed E-state index contributed by atoms with van der Waals surface area (Å²) in [7, 11) is 3.06. The van der Waals surface area contributed by atoms with Crippen LogP contribution in [0.2, 0.25) is 0 Å². The summed E-state index contributed by atoms with van der Waals surface area (Å²) in [6.07, 6.45) is 1.51. The molecule has 1 N–H and O–H groups in total. The number of anilines is 1. The molecule has 1 heterocycles. The van der Waals surface area contributed by atoms with E-state index < -0.39 is 11.8 Å². The molecule has 0 bridgehead atoms. The number of thiocarbonyl (C=S) groups is 1. The van der Waals surface area contributed by atoms with E-state index in [-0.39, 0.29) is 10.7 Å². The fourth-order valence-corrected chi connectivity index (χ4v) is 3.66. The van der Waals surface area contributed by atoms with Crippen LogP contribution in [0, 0.1) is 0 Å². The molecule has 0 spiro atoms. The summed E-state index contributed by atoms with van der Waals surface area (Å²) >= 11 is 5.33. The molecule has 0 aromatic heterocycles. The number of hydrogen-bond acceptors (Lipinski definition) is 5. The van der Waals surface area contributed by atoms with E-state index in [0.29, 0.717) is 22.7 Å². The van der Waals surface area contributed by atoms with E-state index in [9.17, 15) is 9.59 Å². The van der Waals surface area contributed by atoms with Gasteiger partial charge >= 0.3 is 0 Å². The van der Waals surface area contributed by atoms with Crippen LogP contribution in [0.3, 0.4) is 0 Å². The van der Waals surface area contributed by atoms with Crippen LogP contribution in [0.1, 0.15) is 5.56 Å². The van der Waals surface area contributed by atoms with Gasteiger partial charge in [-0.05, 0) is 47.4 Å². The van der Waals surface area contributed by atoms with Crippen LogP contribution >= 0.6 is 12.2 Å². The van der Waals surface area contributed by atoms with Gasteiger partial charge in [0.15, 0.2) is 16.6 Å². The number of carbonyl (C=O) groups excluding carboxylic acids is 2. The number of benzene rings is 3. The molecule has 0 atom stereocenters. The van der Waals surface area contributed by atoms with Crippen molar-refractivity contribution in [3.63, 3.8) is 0 Å². The lowest BCUT2D eigenvalue weighted by Crippen LogP contribution is -2.54. The summed E-state index contributed by atoms with van der Waals surface area (Å²) in [6, 6.07) is 18.4. The number of methoxy groups -OCH3 is 2. The minimum Gasteiger partial charge on any atom is -0.493 e. The van der Waals surface area contributed by atoms with Gasteiger partial charge in [0.1, 0.15) is 5.57 Å². The van der Waals surface area contributed by atoms with Gasteiger partial charge < -0.3 is 9.47 Å². The Morgan fingerprint density at radius 3 is 2.43 bits per heavy atom. The third-order valence-corrected chi connectivity index (χ3v) is 5.11. The molecule has 1 aliphatic heterocycles. The highest BCUT2D eigenvalue weighted by Crippen LogP contribution is 2.31. The van der Waals surface area contributed by atoms with Crippen molar-refractivity contribution in [2.75, 3.05) is 19.1 Å². The van der Waals surface area contributed by atoms with Crippen LogP contribution in [0.5, 0.6) is 11.5 Å². The second-order valence-electron chi connectivity index (χ2n) is 6.57. The third-order valence-electron chi connectivity index (χ3n) is 4.83. The highest BCUT2D eigenvalue weighted by atomic mass is 32.1. The predicted molar refractivity (Wildman–Crippen MR) is 120 cm³/mol. The van der Waals surface area contributed by atoms with Crippen LogP contribution in [0.4, 0.5) is 5.69 Å². The average Bonchev–Trinajstić information content (AvgIpc) is 2.76. The van der Waals surface area contributed by atoms with Gasteiger partial charge in [-0.3, -0.25) is 19.8 Å². The monoisotopic (exact) mass is 418 g/mol. The Bertz CT molecular complexity index is 1210. The molecule has 1 saturated heterocycles. The van der Waals surface area contributed by atoms with E-state index in [0.717, 1.165) is 10.8 Å². The Morgan fingerprint density at radius 1 is 0.933 bits per heavy atom. The highest BCUT2D eigenvalue weighted by Gasteiger charge is 2.35. The lowest BCUT2D eigenvalue weighted by molar-refractivity contribution is -0.122. The fourth-order valence-electron chi connectivity index (χ4n) is 3.39. The average molecular weight is 418 g/mol. The zero-order chi connectivity index (χ0) is 21.3. The SMILES string of the molecule is COc1ccc(/C=C2\C(=O)NC(=S)N(c3cccc4ccccc34)C2=O)cc1OC. The zero-order valence-corrected chi connectivity index (χ0v) is 17.2. The lowest BCUT2D eigenvalue weighted by atomic mass is 10.0. The van der Waals surface area contributed by atoms with Crippen molar-refractivity contribution in [1.82, 2.24) is 5.32 Å². The van der Waals surface area contributed by atoms with Gasteiger partial charge in [0.2, 0.25) is 0 Å². The number of nitrogens with one attached hydrogen (secondary N) is 1. The highest BCUT2D eigenvalue weighted by molar-refractivity contribution is 7.80. The molecular formula is C23H18N2O4S. The molecule has 3 aromatic carbocycles. The molecule has 2 amide bonds. The smallest absolute Gasteiger partial charge is 0.270 e. The topological polar surface area (TPSA) is 67.9 Å². The summed E-state index contributed by atoms with van der Waals surface area (Å²) in [5.41, 5.74) is 1.21. The number of fused-ring (bicyclic) bond motifs is 1. The number of nitrogens with zero attached hydrogens (tertiary/aromatic N) is 1. The third kappa shape index (κ3) is 3.40. The standard InChI is InChI=1S/C23H18N2O4S/c1-28-19-11-10-14(13-20(19)29-2)12-17-21(26)24-23(30)25(22(17)27)18-9-5-7-15-6-3-4-8-16(15)18/h3-13H,1-2H3,(H,24,26,30)/b17-12+. The molecule has 4 rings (SSSR count). The first kappa shape index (κ1) is 19.6. The Labute approximate surface area is 178 Å². The first-order chi connectivity index (χ1) is 14.5. The molecule has 0 radical (unpaired) electrons. The first-order valence-electron chi connectivity index (χ1n) is 9.14. The molecule has 0 aliphatic carbocycles. The first-order valence-corrected chi connectivity index (χ1v) is 9.55. The summed E-state index contributed by atoms with van der Waals surface area (Å²) in [4.78, 5) is 27.2. The zero-order valence-electron chi connectivity index (χ0n) is 16.3. The van der Waals surface area contributed by atoms with Gasteiger partial charge in [-0.15, -0.1) is 0 Å². The molecule has 6 nitrogen and oxygen atoms in total. The van der Waals surface area contributed by atoms with Crippen molar-refractivity contribution in [2.45, 2.75) is 0 Å². The fraction of sp³-hybridized carbons (Fsp3) is 0.0870. The Hall–Kier alpha value is -3.71. The molecule has 7 heteroatoms. The molecule has 1 fully saturated rings. The number of rotatable bonds is 4. The van der Waals surface area contributed by atoms with Gasteiger partial charge in [0.05, 0.1) is 19.9 Å².